The Bertz CT molecular complexity index is 868. The molecule has 0 radical (unpaired) electrons. The fraction of sp³-hybridized carbons (Fsp3) is 0.550. The number of aryl methyl sites for hydroxylation is 1. The van der Waals surface area contributed by atoms with Gasteiger partial charge >= 0.3 is 12.1 Å². The van der Waals surface area contributed by atoms with Gasteiger partial charge < -0.3 is 19.4 Å². The van der Waals surface area contributed by atoms with Crippen molar-refractivity contribution >= 4 is 34.7 Å². The van der Waals surface area contributed by atoms with Crippen molar-refractivity contribution in [1.82, 2.24) is 14.9 Å². The highest BCUT2D eigenvalue weighted by atomic mass is 35.5. The van der Waals surface area contributed by atoms with E-state index in [4.69, 9.17) is 21.1 Å². The predicted octanol–water partition coefficient (Wildman–Crippen LogP) is 4.56. The zero-order valence-electron chi connectivity index (χ0n) is 17.3. The van der Waals surface area contributed by atoms with E-state index in [9.17, 15) is 9.59 Å². The third-order valence-electron chi connectivity index (χ3n) is 4.02. The minimum atomic E-state index is -0.548. The number of esters is 1. The number of hydrogen-bond donors (Lipinski definition) is 1. The largest absolute Gasteiger partial charge is 0.462 e. The summed E-state index contributed by atoms with van der Waals surface area (Å²) in [7, 11) is 0. The monoisotopic (exact) mass is 409 g/mol. The topological polar surface area (TPSA) is 82.5 Å². The molecule has 154 valence electrons. The molecule has 1 amide bonds. The molecule has 0 unspecified atom stereocenters. The van der Waals surface area contributed by atoms with Crippen LogP contribution in [-0.2, 0) is 16.0 Å². The summed E-state index contributed by atoms with van der Waals surface area (Å²) in [6.07, 6.45) is 1.89. The summed E-state index contributed by atoms with van der Waals surface area (Å²) < 4.78 is 12.3. The second kappa shape index (κ2) is 8.39. The molecule has 0 fully saturated rings. The fourth-order valence-corrected chi connectivity index (χ4v) is 2.90. The zero-order valence-corrected chi connectivity index (χ0v) is 18.0. The quantitative estimate of drug-likeness (QED) is 0.707. The summed E-state index contributed by atoms with van der Waals surface area (Å²) in [5.74, 6) is -0.466. The van der Waals surface area contributed by atoms with Crippen LogP contribution in [-0.4, -0.2) is 39.4 Å². The lowest BCUT2D eigenvalue weighted by atomic mass is 10.0. The predicted molar refractivity (Wildman–Crippen MR) is 109 cm³/mol. The third kappa shape index (κ3) is 5.86. The number of amides is 1. The van der Waals surface area contributed by atoms with Crippen LogP contribution in [0.2, 0.25) is 5.02 Å². The van der Waals surface area contributed by atoms with Crippen LogP contribution in [0.25, 0.3) is 11.0 Å². The van der Waals surface area contributed by atoms with Crippen molar-refractivity contribution in [2.45, 2.75) is 65.6 Å². The van der Waals surface area contributed by atoms with Gasteiger partial charge in [-0.05, 0) is 60.1 Å². The lowest BCUT2D eigenvalue weighted by Crippen LogP contribution is -2.46. The number of ether oxygens (including phenoxy) is 2. The summed E-state index contributed by atoms with van der Waals surface area (Å²) in [5, 5.41) is 3.21. The van der Waals surface area contributed by atoms with E-state index in [2.05, 4.69) is 10.3 Å². The highest BCUT2D eigenvalue weighted by Gasteiger charge is 2.25. The van der Waals surface area contributed by atoms with Gasteiger partial charge in [0.25, 0.3) is 0 Å². The summed E-state index contributed by atoms with van der Waals surface area (Å²) in [6.45, 7) is 12.0. The lowest BCUT2D eigenvalue weighted by Gasteiger charge is -2.28. The number of benzene rings is 1. The molecule has 7 nitrogen and oxygen atoms in total. The number of hydrogen-bond acceptors (Lipinski definition) is 5. The van der Waals surface area contributed by atoms with E-state index in [-0.39, 0.29) is 6.61 Å². The molecule has 1 aromatic carbocycles. The zero-order chi connectivity index (χ0) is 21.1. The molecule has 1 N–H and O–H groups in total. The first kappa shape index (κ1) is 22.0. The van der Waals surface area contributed by atoms with E-state index < -0.39 is 23.2 Å². The number of nitrogens with one attached hydrogen (secondary N) is 1. The number of imidazole rings is 1. The van der Waals surface area contributed by atoms with Crippen LogP contribution in [0.5, 0.6) is 0 Å². The molecule has 0 bridgehead atoms. The van der Waals surface area contributed by atoms with Crippen molar-refractivity contribution in [2.75, 3.05) is 6.61 Å². The van der Waals surface area contributed by atoms with Gasteiger partial charge in [-0.2, -0.15) is 0 Å². The van der Waals surface area contributed by atoms with Crippen molar-refractivity contribution in [3.05, 3.63) is 29.0 Å². The average molecular weight is 410 g/mol. The van der Waals surface area contributed by atoms with E-state index in [1.807, 2.05) is 39.2 Å². The van der Waals surface area contributed by atoms with Gasteiger partial charge in [-0.25, -0.2) is 14.6 Å². The van der Waals surface area contributed by atoms with Crippen molar-refractivity contribution in [2.24, 2.45) is 0 Å². The molecular formula is C20H28ClN3O4. The maximum absolute atomic E-state index is 12.0. The van der Waals surface area contributed by atoms with Gasteiger partial charge in [-0.3, -0.25) is 0 Å². The molecule has 0 aliphatic rings. The highest BCUT2D eigenvalue weighted by molar-refractivity contribution is 6.34. The second-order valence-corrected chi connectivity index (χ2v) is 8.65. The minimum Gasteiger partial charge on any atom is -0.462 e. The van der Waals surface area contributed by atoms with Crippen LogP contribution in [0.4, 0.5) is 4.79 Å². The lowest BCUT2D eigenvalue weighted by molar-refractivity contribution is 0.0464. The summed E-state index contributed by atoms with van der Waals surface area (Å²) >= 11 is 6.27. The second-order valence-electron chi connectivity index (χ2n) is 8.24. The van der Waals surface area contributed by atoms with Gasteiger partial charge in [-0.15, -0.1) is 0 Å². The Morgan fingerprint density at radius 2 is 1.89 bits per heavy atom. The van der Waals surface area contributed by atoms with Gasteiger partial charge in [0, 0.05) is 12.1 Å². The molecule has 0 spiro atoms. The molecule has 0 aliphatic carbocycles. The molecule has 2 rings (SSSR count). The maximum atomic E-state index is 12.0. The van der Waals surface area contributed by atoms with Crippen molar-refractivity contribution < 1.29 is 19.1 Å². The number of carbonyl (C=O) groups is 2. The molecule has 8 heteroatoms. The van der Waals surface area contributed by atoms with Crippen LogP contribution < -0.4 is 5.32 Å². The van der Waals surface area contributed by atoms with Gasteiger partial charge in [0.2, 0.25) is 0 Å². The Balaban J connectivity index is 2.11. The van der Waals surface area contributed by atoms with Gasteiger partial charge in [0.1, 0.15) is 5.60 Å². The van der Waals surface area contributed by atoms with E-state index in [0.29, 0.717) is 29.1 Å². The summed E-state index contributed by atoms with van der Waals surface area (Å²) in [4.78, 5) is 28.4. The molecular weight excluding hydrogens is 382 g/mol. The third-order valence-corrected chi connectivity index (χ3v) is 4.33. The van der Waals surface area contributed by atoms with Gasteiger partial charge in [0.15, 0.2) is 0 Å². The van der Waals surface area contributed by atoms with Gasteiger partial charge in [-0.1, -0.05) is 11.6 Å². The Labute approximate surface area is 170 Å². The number of fused-ring (bicyclic) bond motifs is 1. The first-order valence-electron chi connectivity index (χ1n) is 9.24. The Morgan fingerprint density at radius 1 is 1.21 bits per heavy atom. The van der Waals surface area contributed by atoms with Crippen molar-refractivity contribution in [3.8, 4) is 0 Å². The molecule has 0 saturated carbocycles. The number of carbonyl (C=O) groups excluding carboxylic acids is 2. The summed E-state index contributed by atoms with van der Waals surface area (Å²) in [6, 6.07) is 3.35. The number of rotatable bonds is 6. The average Bonchev–Trinajstić information content (AvgIpc) is 2.92. The standard InChI is InChI=1S/C20H28ClN3O4/c1-7-27-17(25)13-10-15-16(11-14(13)21)24(12-22-15)9-8-20(5,6)23-18(26)28-19(2,3)4/h10-12H,7-9H2,1-6H3,(H,23,26). The van der Waals surface area contributed by atoms with Crippen LogP contribution in [0, 0.1) is 0 Å². The number of aromatic nitrogens is 2. The molecule has 0 saturated heterocycles. The Morgan fingerprint density at radius 3 is 2.50 bits per heavy atom. The Hall–Kier alpha value is -2.28. The van der Waals surface area contributed by atoms with Crippen LogP contribution in [0.3, 0.4) is 0 Å². The van der Waals surface area contributed by atoms with E-state index in [0.717, 1.165) is 5.52 Å². The first-order chi connectivity index (χ1) is 12.9. The highest BCUT2D eigenvalue weighted by Crippen LogP contribution is 2.25. The van der Waals surface area contributed by atoms with E-state index in [1.54, 1.807) is 25.4 Å². The molecule has 1 heterocycles. The number of alkyl carbamates (subject to hydrolysis) is 1. The summed E-state index contributed by atoms with van der Waals surface area (Å²) in [5.41, 5.74) is 0.742. The SMILES string of the molecule is CCOC(=O)c1cc2ncn(CCC(C)(C)NC(=O)OC(C)(C)C)c2cc1Cl. The number of halogens is 1. The Kier molecular flexibility index (Phi) is 6.59. The normalized spacial score (nSPS) is 12.1. The van der Waals surface area contributed by atoms with Crippen molar-refractivity contribution in [3.63, 3.8) is 0 Å². The maximum Gasteiger partial charge on any atom is 0.408 e. The van der Waals surface area contributed by atoms with Crippen LogP contribution in [0.15, 0.2) is 18.5 Å². The number of nitrogens with zero attached hydrogens (tertiary/aromatic N) is 2. The fourth-order valence-electron chi connectivity index (χ4n) is 2.66. The molecule has 0 atom stereocenters. The van der Waals surface area contributed by atoms with E-state index >= 15 is 0 Å². The molecule has 0 aliphatic heterocycles. The minimum absolute atomic E-state index is 0.279. The smallest absolute Gasteiger partial charge is 0.408 e. The first-order valence-corrected chi connectivity index (χ1v) is 9.62. The van der Waals surface area contributed by atoms with Crippen molar-refractivity contribution in [1.29, 1.82) is 0 Å². The van der Waals surface area contributed by atoms with Crippen LogP contribution >= 0.6 is 11.6 Å². The van der Waals surface area contributed by atoms with Gasteiger partial charge in [0.05, 0.1) is 34.6 Å². The molecule has 1 aromatic heterocycles. The molecule has 28 heavy (non-hydrogen) atoms. The van der Waals surface area contributed by atoms with E-state index in [1.165, 1.54) is 0 Å². The van der Waals surface area contributed by atoms with Crippen LogP contribution in [0.1, 0.15) is 58.3 Å². The molecule has 2 aromatic rings.